The van der Waals surface area contributed by atoms with Crippen LogP contribution in [-0.4, -0.2) is 57.4 Å². The first-order valence-electron chi connectivity index (χ1n) is 12.9. The van der Waals surface area contributed by atoms with Crippen LogP contribution in [0.5, 0.6) is 0 Å². The van der Waals surface area contributed by atoms with Crippen molar-refractivity contribution in [2.75, 3.05) is 45.8 Å². The first-order valence-corrected chi connectivity index (χ1v) is 14.9. The molecule has 0 saturated carbocycles. The smallest absolute Gasteiger partial charge is 0.308 e. The zero-order valence-electron chi connectivity index (χ0n) is 22.3. The summed E-state index contributed by atoms with van der Waals surface area (Å²) in [7, 11) is -1.87. The van der Waals surface area contributed by atoms with E-state index in [0.717, 1.165) is 6.16 Å². The van der Waals surface area contributed by atoms with Crippen LogP contribution >= 0.6 is 7.26 Å². The van der Waals surface area contributed by atoms with Crippen molar-refractivity contribution in [3.63, 3.8) is 0 Å². The van der Waals surface area contributed by atoms with Gasteiger partial charge in [-0.3, -0.25) is 4.79 Å². The lowest BCUT2D eigenvalue weighted by Crippen LogP contribution is -2.34. The van der Waals surface area contributed by atoms with Crippen molar-refractivity contribution >= 4 is 29.1 Å². The van der Waals surface area contributed by atoms with E-state index in [9.17, 15) is 4.79 Å². The highest BCUT2D eigenvalue weighted by atomic mass is 31.2. The Morgan fingerprint density at radius 3 is 1.38 bits per heavy atom. The summed E-state index contributed by atoms with van der Waals surface area (Å²) < 4.78 is 22.5. The monoisotopic (exact) mass is 523 g/mol. The average Bonchev–Trinajstić information content (AvgIpc) is 2.90. The fraction of sp³-hybridized carbons (Fsp3) is 0.387. The number of benzene rings is 3. The third-order valence-corrected chi connectivity index (χ3v) is 10.2. The molecule has 3 rings (SSSR count). The van der Waals surface area contributed by atoms with Crippen molar-refractivity contribution in [2.24, 2.45) is 0 Å². The third kappa shape index (κ3) is 9.36. The number of hydrogen-bond acceptors (Lipinski definition) is 5. The Labute approximate surface area is 222 Å². The van der Waals surface area contributed by atoms with Gasteiger partial charge in [0.1, 0.15) is 28.8 Å². The zero-order valence-corrected chi connectivity index (χ0v) is 23.2. The van der Waals surface area contributed by atoms with E-state index in [-0.39, 0.29) is 12.4 Å². The normalized spacial score (nSPS) is 11.9. The summed E-state index contributed by atoms with van der Waals surface area (Å²) in [6, 6.07) is 32.5. The highest BCUT2D eigenvalue weighted by molar-refractivity contribution is 7.95. The maximum atomic E-state index is 11.7. The topological polar surface area (TPSA) is 54.0 Å². The van der Waals surface area contributed by atoms with E-state index in [1.165, 1.54) is 15.9 Å². The van der Waals surface area contributed by atoms with E-state index in [0.29, 0.717) is 39.6 Å². The van der Waals surface area contributed by atoms with E-state index in [2.05, 4.69) is 91.0 Å². The summed E-state index contributed by atoms with van der Waals surface area (Å²) in [4.78, 5) is 11.7. The second-order valence-electron chi connectivity index (χ2n) is 9.71. The van der Waals surface area contributed by atoms with Crippen LogP contribution in [0, 0.1) is 0 Å². The molecular weight excluding hydrogens is 483 g/mol. The quantitative estimate of drug-likeness (QED) is 0.163. The maximum Gasteiger partial charge on any atom is 0.308 e. The SMILES string of the molecule is CC(C)(C)OC(=O)CCOCCOCCOCC[P+](c1ccccc1)(c1ccccc1)c1ccccc1. The Morgan fingerprint density at radius 1 is 0.595 bits per heavy atom. The van der Waals surface area contributed by atoms with Gasteiger partial charge in [-0.25, -0.2) is 0 Å². The van der Waals surface area contributed by atoms with Crippen molar-refractivity contribution in [3.8, 4) is 0 Å². The van der Waals surface area contributed by atoms with Gasteiger partial charge in [0, 0.05) is 0 Å². The lowest BCUT2D eigenvalue weighted by Gasteiger charge is -2.27. The molecule has 198 valence electrons. The second-order valence-corrected chi connectivity index (χ2v) is 13.3. The van der Waals surface area contributed by atoms with Crippen molar-refractivity contribution < 1.29 is 23.7 Å². The molecule has 3 aromatic carbocycles. The van der Waals surface area contributed by atoms with Gasteiger partial charge in [0.25, 0.3) is 0 Å². The minimum absolute atomic E-state index is 0.246. The van der Waals surface area contributed by atoms with Crippen LogP contribution < -0.4 is 15.9 Å². The molecule has 3 aromatic rings. The van der Waals surface area contributed by atoms with Crippen molar-refractivity contribution in [3.05, 3.63) is 91.0 Å². The highest BCUT2D eigenvalue weighted by Gasteiger charge is 2.44. The number of ether oxygens (including phenoxy) is 4. The molecule has 0 fully saturated rings. The van der Waals surface area contributed by atoms with Gasteiger partial charge in [-0.2, -0.15) is 0 Å². The van der Waals surface area contributed by atoms with Crippen LogP contribution in [0.25, 0.3) is 0 Å². The average molecular weight is 524 g/mol. The molecule has 0 spiro atoms. The zero-order chi connectivity index (χ0) is 26.4. The molecule has 0 bridgehead atoms. The molecule has 0 unspecified atom stereocenters. The van der Waals surface area contributed by atoms with Gasteiger partial charge in [0.05, 0.1) is 52.2 Å². The molecule has 5 nitrogen and oxygen atoms in total. The highest BCUT2D eigenvalue weighted by Crippen LogP contribution is 2.54. The molecule has 0 radical (unpaired) electrons. The lowest BCUT2D eigenvalue weighted by atomic mass is 10.2. The molecular formula is C31H40O5P+. The van der Waals surface area contributed by atoms with Crippen molar-refractivity contribution in [1.82, 2.24) is 0 Å². The van der Waals surface area contributed by atoms with Crippen LogP contribution in [0.3, 0.4) is 0 Å². The molecule has 0 aliphatic carbocycles. The molecule has 0 N–H and O–H groups in total. The van der Waals surface area contributed by atoms with Crippen LogP contribution in [0.2, 0.25) is 0 Å². The third-order valence-electron chi connectivity index (χ3n) is 5.78. The van der Waals surface area contributed by atoms with Crippen LogP contribution in [0.4, 0.5) is 0 Å². The van der Waals surface area contributed by atoms with Gasteiger partial charge < -0.3 is 18.9 Å². The Morgan fingerprint density at radius 2 is 0.973 bits per heavy atom. The van der Waals surface area contributed by atoms with Crippen molar-refractivity contribution in [2.45, 2.75) is 32.8 Å². The largest absolute Gasteiger partial charge is 0.460 e. The summed E-state index contributed by atoms with van der Waals surface area (Å²) in [5.74, 6) is -0.248. The second kappa shape index (κ2) is 15.0. The molecule has 37 heavy (non-hydrogen) atoms. The summed E-state index contributed by atoms with van der Waals surface area (Å²) in [5, 5.41) is 4.07. The Balaban J connectivity index is 1.47. The molecule has 0 aliphatic rings. The lowest BCUT2D eigenvalue weighted by molar-refractivity contribution is -0.156. The molecule has 0 aliphatic heterocycles. The van der Waals surface area contributed by atoms with Gasteiger partial charge in [-0.05, 0) is 57.2 Å². The molecule has 0 heterocycles. The number of rotatable bonds is 15. The fourth-order valence-corrected chi connectivity index (χ4v) is 8.29. The van der Waals surface area contributed by atoms with Crippen LogP contribution in [-0.2, 0) is 23.7 Å². The Hall–Kier alpha value is -2.56. The standard InChI is InChI=1S/C31H40O5P/c1-31(2,3)36-30(32)19-20-33-21-22-34-23-24-35-25-26-37(27-13-7-4-8-14-27,28-15-9-5-10-16-28)29-17-11-6-12-18-29/h4-18H,19-26H2,1-3H3/q+1. The number of hydrogen-bond donors (Lipinski definition) is 0. The van der Waals surface area contributed by atoms with Gasteiger partial charge in [0.15, 0.2) is 0 Å². The Bertz CT molecular complexity index is 939. The molecule has 0 aromatic heterocycles. The summed E-state index contributed by atoms with van der Waals surface area (Å²) >= 11 is 0. The van der Waals surface area contributed by atoms with Gasteiger partial charge in [-0.15, -0.1) is 0 Å². The molecule has 0 saturated heterocycles. The fourth-order valence-electron chi connectivity index (χ4n) is 4.17. The maximum absolute atomic E-state index is 11.7. The molecule has 0 atom stereocenters. The summed E-state index contributed by atoms with van der Waals surface area (Å²) in [6.07, 6.45) is 1.16. The number of carbonyl (C=O) groups excluding carboxylic acids is 1. The first-order chi connectivity index (χ1) is 17.9. The van der Waals surface area contributed by atoms with E-state index in [1.54, 1.807) is 0 Å². The van der Waals surface area contributed by atoms with E-state index < -0.39 is 12.9 Å². The molecule has 6 heteroatoms. The van der Waals surface area contributed by atoms with Crippen molar-refractivity contribution in [1.29, 1.82) is 0 Å². The predicted molar refractivity (Wildman–Crippen MR) is 153 cm³/mol. The predicted octanol–water partition coefficient (Wildman–Crippen LogP) is 4.76. The van der Waals surface area contributed by atoms with E-state index in [4.69, 9.17) is 18.9 Å². The Kier molecular flexibility index (Phi) is 11.8. The van der Waals surface area contributed by atoms with E-state index in [1.807, 2.05) is 20.8 Å². The minimum Gasteiger partial charge on any atom is -0.460 e. The van der Waals surface area contributed by atoms with Gasteiger partial charge >= 0.3 is 5.97 Å². The number of carbonyl (C=O) groups is 1. The summed E-state index contributed by atoms with van der Waals surface area (Å²) in [6.45, 7) is 8.47. The van der Waals surface area contributed by atoms with Crippen LogP contribution in [0.15, 0.2) is 91.0 Å². The first kappa shape index (κ1) is 29.0. The van der Waals surface area contributed by atoms with E-state index >= 15 is 0 Å². The minimum atomic E-state index is -1.87. The van der Waals surface area contributed by atoms with Gasteiger partial charge in [0.2, 0.25) is 0 Å². The van der Waals surface area contributed by atoms with Gasteiger partial charge in [-0.1, -0.05) is 54.6 Å². The molecule has 0 amide bonds. The number of esters is 1. The van der Waals surface area contributed by atoms with Crippen LogP contribution in [0.1, 0.15) is 27.2 Å². The summed E-state index contributed by atoms with van der Waals surface area (Å²) in [5.41, 5.74) is -0.467.